The van der Waals surface area contributed by atoms with Crippen LogP contribution in [0, 0.1) is 0 Å². The van der Waals surface area contributed by atoms with Gasteiger partial charge in [0.15, 0.2) is 0 Å². The van der Waals surface area contributed by atoms with Crippen LogP contribution in [0.15, 0.2) is 0 Å². The van der Waals surface area contributed by atoms with E-state index < -0.39 is 0 Å². The van der Waals surface area contributed by atoms with E-state index >= 15 is 0 Å². The Morgan fingerprint density at radius 1 is 1.50 bits per heavy atom. The third kappa shape index (κ3) is 1.43. The second-order valence-corrected chi connectivity index (χ2v) is 2.68. The van der Waals surface area contributed by atoms with Crippen LogP contribution in [0.4, 0.5) is 0 Å². The first kappa shape index (κ1) is 6.01. The van der Waals surface area contributed by atoms with Gasteiger partial charge in [0.05, 0.1) is 12.1 Å². The second-order valence-electron chi connectivity index (χ2n) is 2.68. The van der Waals surface area contributed by atoms with Crippen molar-refractivity contribution in [3.63, 3.8) is 0 Å². The Labute approximate surface area is 49.4 Å². The third-order valence-corrected chi connectivity index (χ3v) is 1.06. The van der Waals surface area contributed by atoms with Crippen LogP contribution >= 0.6 is 0 Å². The van der Waals surface area contributed by atoms with Crippen LogP contribution in [0.3, 0.4) is 0 Å². The van der Waals surface area contributed by atoms with Crippen molar-refractivity contribution in [3.05, 3.63) is 0 Å². The van der Waals surface area contributed by atoms with Crippen LogP contribution in [0.2, 0.25) is 0 Å². The molecule has 1 heterocycles. The van der Waals surface area contributed by atoms with Crippen LogP contribution < -0.4 is 10.9 Å². The largest absolute Gasteiger partial charge is 0.363 e. The van der Waals surface area contributed by atoms with Gasteiger partial charge in [-0.05, 0) is 13.8 Å². The number of nitrogens with one attached hydrogen (secondary N) is 2. The lowest BCUT2D eigenvalue weighted by atomic mass is 10.1. The zero-order valence-corrected chi connectivity index (χ0v) is 5.32. The zero-order valence-electron chi connectivity index (χ0n) is 5.32. The summed E-state index contributed by atoms with van der Waals surface area (Å²) < 4.78 is 5.11. The van der Waals surface area contributed by atoms with Gasteiger partial charge in [-0.1, -0.05) is 0 Å². The van der Waals surface area contributed by atoms with Gasteiger partial charge >= 0.3 is 0 Å². The molecule has 1 aliphatic heterocycles. The first-order valence-corrected chi connectivity index (χ1v) is 2.78. The quantitative estimate of drug-likeness (QED) is 0.461. The highest BCUT2D eigenvalue weighted by Gasteiger charge is 2.19. The van der Waals surface area contributed by atoms with Crippen molar-refractivity contribution in [2.75, 3.05) is 13.3 Å². The molecule has 0 radical (unpaired) electrons. The van der Waals surface area contributed by atoms with Crippen molar-refractivity contribution < 1.29 is 4.74 Å². The maximum atomic E-state index is 5.11. The molecule has 0 unspecified atom stereocenters. The molecular formula is C5H12N2O. The number of ether oxygens (including phenoxy) is 1. The number of rotatable bonds is 0. The Bertz CT molecular complexity index is 74.5. The maximum absolute atomic E-state index is 5.11. The smallest absolute Gasteiger partial charge is 0.109 e. The Kier molecular flexibility index (Phi) is 1.51. The maximum Gasteiger partial charge on any atom is 0.109 e. The van der Waals surface area contributed by atoms with Gasteiger partial charge in [-0.2, -0.15) is 0 Å². The molecule has 0 aromatic heterocycles. The van der Waals surface area contributed by atoms with E-state index in [0.29, 0.717) is 6.73 Å². The molecule has 0 aromatic carbocycles. The molecule has 1 fully saturated rings. The van der Waals surface area contributed by atoms with E-state index in [0.717, 1.165) is 6.61 Å². The summed E-state index contributed by atoms with van der Waals surface area (Å²) in [6.07, 6.45) is 0. The van der Waals surface area contributed by atoms with Crippen molar-refractivity contribution in [3.8, 4) is 0 Å². The van der Waals surface area contributed by atoms with E-state index in [9.17, 15) is 0 Å². The standard InChI is InChI=1S/C5H12N2O/c1-5(2)3-8-4-6-7-5/h6-7H,3-4H2,1-2H3. The minimum atomic E-state index is 0.0955. The SMILES string of the molecule is CC1(C)COCNN1. The van der Waals surface area contributed by atoms with Gasteiger partial charge in [0.2, 0.25) is 0 Å². The molecule has 2 N–H and O–H groups in total. The summed E-state index contributed by atoms with van der Waals surface area (Å²) in [6, 6.07) is 0. The Hall–Kier alpha value is -0.120. The fourth-order valence-corrected chi connectivity index (χ4v) is 0.669. The monoisotopic (exact) mass is 116 g/mol. The average Bonchev–Trinajstić information content (AvgIpc) is 1.65. The third-order valence-electron chi connectivity index (χ3n) is 1.06. The lowest BCUT2D eigenvalue weighted by Gasteiger charge is -2.31. The highest BCUT2D eigenvalue weighted by atomic mass is 16.5. The lowest BCUT2D eigenvalue weighted by molar-refractivity contribution is 0.00583. The Balaban J connectivity index is 2.33. The van der Waals surface area contributed by atoms with Crippen molar-refractivity contribution in [1.29, 1.82) is 0 Å². The molecule has 1 saturated heterocycles. The van der Waals surface area contributed by atoms with Crippen LogP contribution in [0.5, 0.6) is 0 Å². The molecule has 1 rings (SSSR count). The lowest BCUT2D eigenvalue weighted by Crippen LogP contribution is -2.56. The fraction of sp³-hybridized carbons (Fsp3) is 1.00. The van der Waals surface area contributed by atoms with Gasteiger partial charge in [-0.25, -0.2) is 10.9 Å². The minimum absolute atomic E-state index is 0.0955. The van der Waals surface area contributed by atoms with E-state index in [4.69, 9.17) is 4.74 Å². The van der Waals surface area contributed by atoms with E-state index in [1.807, 2.05) is 0 Å². The van der Waals surface area contributed by atoms with Gasteiger partial charge < -0.3 is 4.74 Å². The molecule has 1 aliphatic rings. The minimum Gasteiger partial charge on any atom is -0.363 e. The predicted octanol–water partition coefficient (Wildman–Crippen LogP) is -0.153. The van der Waals surface area contributed by atoms with Gasteiger partial charge in [-0.3, -0.25) is 0 Å². The van der Waals surface area contributed by atoms with Gasteiger partial charge in [0.25, 0.3) is 0 Å². The molecule has 0 amide bonds. The first-order valence-electron chi connectivity index (χ1n) is 2.78. The Morgan fingerprint density at radius 2 is 2.25 bits per heavy atom. The van der Waals surface area contributed by atoms with Gasteiger partial charge in [0.1, 0.15) is 6.73 Å². The highest BCUT2D eigenvalue weighted by Crippen LogP contribution is 2.02. The topological polar surface area (TPSA) is 33.3 Å². The molecule has 0 spiro atoms. The van der Waals surface area contributed by atoms with Crippen LogP contribution in [-0.2, 0) is 4.74 Å². The summed E-state index contributed by atoms with van der Waals surface area (Å²) in [5.41, 5.74) is 6.08. The summed E-state index contributed by atoms with van der Waals surface area (Å²) in [5, 5.41) is 0. The van der Waals surface area contributed by atoms with E-state index in [1.54, 1.807) is 0 Å². The van der Waals surface area contributed by atoms with Crippen molar-refractivity contribution >= 4 is 0 Å². The molecule has 0 atom stereocenters. The van der Waals surface area contributed by atoms with Crippen molar-refractivity contribution in [2.24, 2.45) is 0 Å². The van der Waals surface area contributed by atoms with E-state index in [-0.39, 0.29) is 5.54 Å². The Morgan fingerprint density at radius 3 is 2.50 bits per heavy atom. The number of hydrogen-bond donors (Lipinski definition) is 2. The molecule has 8 heavy (non-hydrogen) atoms. The van der Waals surface area contributed by atoms with Gasteiger partial charge in [0, 0.05) is 0 Å². The molecular weight excluding hydrogens is 104 g/mol. The summed E-state index contributed by atoms with van der Waals surface area (Å²) >= 11 is 0. The van der Waals surface area contributed by atoms with E-state index in [1.165, 1.54) is 0 Å². The van der Waals surface area contributed by atoms with Crippen LogP contribution in [0.1, 0.15) is 13.8 Å². The van der Waals surface area contributed by atoms with Crippen LogP contribution in [0.25, 0.3) is 0 Å². The predicted molar refractivity (Wildman–Crippen MR) is 31.2 cm³/mol. The fourth-order valence-electron chi connectivity index (χ4n) is 0.669. The summed E-state index contributed by atoms with van der Waals surface area (Å²) in [7, 11) is 0. The summed E-state index contributed by atoms with van der Waals surface area (Å²) in [5.74, 6) is 0. The molecule has 0 bridgehead atoms. The average molecular weight is 116 g/mol. The van der Waals surface area contributed by atoms with E-state index in [2.05, 4.69) is 24.7 Å². The van der Waals surface area contributed by atoms with Gasteiger partial charge in [-0.15, -0.1) is 0 Å². The first-order chi connectivity index (χ1) is 3.71. The summed E-state index contributed by atoms with van der Waals surface area (Å²) in [4.78, 5) is 0. The zero-order chi connectivity index (χ0) is 6.04. The molecule has 0 aromatic rings. The molecule has 48 valence electrons. The van der Waals surface area contributed by atoms with Crippen molar-refractivity contribution in [1.82, 2.24) is 10.9 Å². The molecule has 0 saturated carbocycles. The summed E-state index contributed by atoms with van der Waals surface area (Å²) in [6.45, 7) is 5.56. The second kappa shape index (κ2) is 2.01. The number of hydrogen-bond acceptors (Lipinski definition) is 3. The number of hydrazine groups is 1. The van der Waals surface area contributed by atoms with Crippen LogP contribution in [-0.4, -0.2) is 18.9 Å². The highest BCUT2D eigenvalue weighted by molar-refractivity contribution is 4.75. The molecule has 3 heteroatoms. The van der Waals surface area contributed by atoms with Crippen molar-refractivity contribution in [2.45, 2.75) is 19.4 Å². The molecule has 3 nitrogen and oxygen atoms in total. The normalized spacial score (nSPS) is 27.8. The molecule has 0 aliphatic carbocycles.